The van der Waals surface area contributed by atoms with Gasteiger partial charge in [0, 0.05) is 37.6 Å². The van der Waals surface area contributed by atoms with Crippen LogP contribution in [0.25, 0.3) is 0 Å². The van der Waals surface area contributed by atoms with Crippen LogP contribution in [0, 0.1) is 11.3 Å². The summed E-state index contributed by atoms with van der Waals surface area (Å²) in [5.41, 5.74) is 1.69. The first-order chi connectivity index (χ1) is 16.7. The van der Waals surface area contributed by atoms with Gasteiger partial charge in [-0.05, 0) is 49.7 Å². The van der Waals surface area contributed by atoms with Crippen molar-refractivity contribution in [1.29, 1.82) is 5.26 Å². The van der Waals surface area contributed by atoms with Crippen molar-refractivity contribution in [2.24, 2.45) is 0 Å². The Hall–Kier alpha value is -2.97. The number of rotatable bonds is 6. The predicted molar refractivity (Wildman–Crippen MR) is 132 cm³/mol. The lowest BCUT2D eigenvalue weighted by Crippen LogP contribution is -2.41. The van der Waals surface area contributed by atoms with E-state index in [1.165, 1.54) is 10.4 Å². The van der Waals surface area contributed by atoms with Gasteiger partial charge in [-0.25, -0.2) is 8.42 Å². The number of nitrogens with one attached hydrogen (secondary N) is 1. The van der Waals surface area contributed by atoms with Gasteiger partial charge in [-0.2, -0.15) is 9.57 Å². The molecule has 0 aliphatic carbocycles. The number of ether oxygens (including phenoxy) is 2. The first-order valence-electron chi connectivity index (χ1n) is 11.6. The van der Waals surface area contributed by atoms with Crippen molar-refractivity contribution in [3.05, 3.63) is 53.6 Å². The lowest BCUT2D eigenvalue weighted by molar-refractivity contribution is 0.0730. The van der Waals surface area contributed by atoms with Gasteiger partial charge in [0.25, 0.3) is 5.91 Å². The molecule has 10 heteroatoms. The maximum atomic E-state index is 13.4. The minimum Gasteiger partial charge on any atom is -0.379 e. The van der Waals surface area contributed by atoms with Crippen LogP contribution >= 0.6 is 0 Å². The number of hydrogen-bond donors (Lipinski definition) is 1. The van der Waals surface area contributed by atoms with E-state index in [0.717, 1.165) is 5.56 Å². The Morgan fingerprint density at radius 2 is 1.57 bits per heavy atom. The molecule has 0 aromatic heterocycles. The summed E-state index contributed by atoms with van der Waals surface area (Å²) in [5, 5.41) is 12.2. The van der Waals surface area contributed by atoms with Crippen molar-refractivity contribution in [3.8, 4) is 6.07 Å². The van der Waals surface area contributed by atoms with Gasteiger partial charge in [0.15, 0.2) is 0 Å². The summed E-state index contributed by atoms with van der Waals surface area (Å²) < 4.78 is 38.6. The van der Waals surface area contributed by atoms with Crippen molar-refractivity contribution in [3.63, 3.8) is 0 Å². The van der Waals surface area contributed by atoms with Crippen LogP contribution < -0.4 is 10.2 Å². The first kappa shape index (κ1) is 25.1. The molecule has 0 radical (unpaired) electrons. The molecule has 186 valence electrons. The average Bonchev–Trinajstić information content (AvgIpc) is 2.89. The first-order valence-corrected chi connectivity index (χ1v) is 13.0. The van der Waals surface area contributed by atoms with Crippen LogP contribution in [0.5, 0.6) is 0 Å². The van der Waals surface area contributed by atoms with Crippen LogP contribution in [0.2, 0.25) is 0 Å². The number of hydrogen-bond acceptors (Lipinski definition) is 7. The lowest BCUT2D eigenvalue weighted by atomic mass is 9.86. The van der Waals surface area contributed by atoms with Crippen LogP contribution in [0.1, 0.15) is 29.8 Å². The Morgan fingerprint density at radius 1 is 0.971 bits per heavy atom. The molecule has 0 saturated carbocycles. The molecule has 4 rings (SSSR count). The lowest BCUT2D eigenvalue weighted by Gasteiger charge is -2.31. The zero-order valence-electron chi connectivity index (χ0n) is 20.0. The zero-order chi connectivity index (χ0) is 25.1. The number of carbonyl (C=O) groups is 1. The number of carbonyl (C=O) groups excluding carboxylic acids is 1. The zero-order valence-corrected chi connectivity index (χ0v) is 20.8. The Kier molecular flexibility index (Phi) is 7.42. The van der Waals surface area contributed by atoms with Gasteiger partial charge >= 0.3 is 0 Å². The highest BCUT2D eigenvalue weighted by Gasteiger charge is 2.29. The van der Waals surface area contributed by atoms with Gasteiger partial charge in [-0.1, -0.05) is 12.1 Å². The van der Waals surface area contributed by atoms with E-state index in [4.69, 9.17) is 9.47 Å². The van der Waals surface area contributed by atoms with Crippen LogP contribution in [0.3, 0.4) is 0 Å². The number of anilines is 2. The second-order valence-electron chi connectivity index (χ2n) is 9.06. The van der Waals surface area contributed by atoms with Gasteiger partial charge < -0.3 is 19.7 Å². The summed E-state index contributed by atoms with van der Waals surface area (Å²) in [6.45, 7) is 7.18. The molecule has 2 aliphatic rings. The molecule has 1 amide bonds. The quantitative estimate of drug-likeness (QED) is 0.652. The third-order valence-corrected chi connectivity index (χ3v) is 8.21. The second-order valence-corrected chi connectivity index (χ2v) is 11.0. The minimum absolute atomic E-state index is 0.0766. The van der Waals surface area contributed by atoms with Crippen molar-refractivity contribution in [2.75, 3.05) is 62.8 Å². The maximum absolute atomic E-state index is 13.4. The van der Waals surface area contributed by atoms with Crippen molar-refractivity contribution in [1.82, 2.24) is 4.31 Å². The summed E-state index contributed by atoms with van der Waals surface area (Å²) in [7, 11) is -3.76. The molecule has 2 fully saturated rings. The highest BCUT2D eigenvalue weighted by Crippen LogP contribution is 2.29. The highest BCUT2D eigenvalue weighted by atomic mass is 32.2. The topological polar surface area (TPSA) is 112 Å². The number of nitriles is 1. The molecule has 0 atom stereocenters. The molecule has 0 spiro atoms. The van der Waals surface area contributed by atoms with Gasteiger partial charge in [0.05, 0.1) is 48.4 Å². The van der Waals surface area contributed by atoms with E-state index >= 15 is 0 Å². The normalized spacial score (nSPS) is 17.6. The molecular formula is C25H30N4O5S. The Balaban J connectivity index is 1.65. The van der Waals surface area contributed by atoms with Crippen molar-refractivity contribution in [2.45, 2.75) is 24.2 Å². The van der Waals surface area contributed by atoms with Crippen LogP contribution in [0.4, 0.5) is 11.4 Å². The highest BCUT2D eigenvalue weighted by molar-refractivity contribution is 7.89. The van der Waals surface area contributed by atoms with Crippen LogP contribution in [-0.4, -0.2) is 71.2 Å². The predicted octanol–water partition coefficient (Wildman–Crippen LogP) is 2.60. The van der Waals surface area contributed by atoms with Crippen molar-refractivity contribution < 1.29 is 22.7 Å². The summed E-state index contributed by atoms with van der Waals surface area (Å²) in [6.07, 6.45) is 0. The molecular weight excluding hydrogens is 468 g/mol. The Bertz CT molecular complexity index is 1210. The number of sulfonamides is 1. The fraction of sp³-hybridized carbons (Fsp3) is 0.440. The maximum Gasteiger partial charge on any atom is 0.257 e. The summed E-state index contributed by atoms with van der Waals surface area (Å²) in [5.74, 6) is -0.405. The largest absolute Gasteiger partial charge is 0.379 e. The molecule has 0 unspecified atom stereocenters. The molecule has 9 nitrogen and oxygen atoms in total. The van der Waals surface area contributed by atoms with Crippen molar-refractivity contribution >= 4 is 27.3 Å². The monoisotopic (exact) mass is 498 g/mol. The summed E-state index contributed by atoms with van der Waals surface area (Å²) in [4.78, 5) is 15.5. The molecule has 2 heterocycles. The van der Waals surface area contributed by atoms with Gasteiger partial charge in [0.2, 0.25) is 10.0 Å². The van der Waals surface area contributed by atoms with E-state index < -0.39 is 21.3 Å². The Labute approximate surface area is 206 Å². The third kappa shape index (κ3) is 5.49. The van der Waals surface area contributed by atoms with E-state index in [9.17, 15) is 18.5 Å². The third-order valence-electron chi connectivity index (χ3n) is 6.32. The average molecular weight is 499 g/mol. The van der Waals surface area contributed by atoms with Gasteiger partial charge in [-0.3, -0.25) is 4.79 Å². The summed E-state index contributed by atoms with van der Waals surface area (Å²) >= 11 is 0. The standard InChI is InChI=1S/C25H30N4O5S/c1-25(2,18-26)19-3-5-20(6-4-19)27-24(30)22-17-21(35(31,32)29-11-15-34-16-12-29)7-8-23(22)28-9-13-33-14-10-28/h3-8,17H,9-16H2,1-2H3,(H,27,30). The fourth-order valence-electron chi connectivity index (χ4n) is 4.11. The Morgan fingerprint density at radius 3 is 2.17 bits per heavy atom. The second kappa shape index (κ2) is 10.3. The molecule has 2 aromatic carbocycles. The molecule has 2 aliphatic heterocycles. The SMILES string of the molecule is CC(C)(C#N)c1ccc(NC(=O)c2cc(S(=O)(=O)N3CCOCC3)ccc2N2CCOCC2)cc1. The molecule has 2 aromatic rings. The minimum atomic E-state index is -3.76. The summed E-state index contributed by atoms with van der Waals surface area (Å²) in [6, 6.07) is 14.1. The molecule has 35 heavy (non-hydrogen) atoms. The number of amides is 1. The number of nitrogens with zero attached hydrogens (tertiary/aromatic N) is 3. The van der Waals surface area contributed by atoms with E-state index in [0.29, 0.717) is 50.9 Å². The molecule has 2 saturated heterocycles. The van der Waals surface area contributed by atoms with E-state index in [2.05, 4.69) is 11.4 Å². The number of morpholine rings is 2. The van der Waals surface area contributed by atoms with Gasteiger partial charge in [0.1, 0.15) is 0 Å². The molecule has 0 bridgehead atoms. The van der Waals surface area contributed by atoms with Gasteiger partial charge in [-0.15, -0.1) is 0 Å². The fourth-order valence-corrected chi connectivity index (χ4v) is 5.54. The smallest absolute Gasteiger partial charge is 0.257 e. The van der Waals surface area contributed by atoms with Crippen LogP contribution in [-0.2, 0) is 24.9 Å². The van der Waals surface area contributed by atoms with E-state index in [-0.39, 0.29) is 23.5 Å². The molecule has 1 N–H and O–H groups in total. The number of benzene rings is 2. The van der Waals surface area contributed by atoms with E-state index in [1.807, 2.05) is 18.7 Å². The van der Waals surface area contributed by atoms with Crippen LogP contribution in [0.15, 0.2) is 47.4 Å². The van der Waals surface area contributed by atoms with E-state index in [1.54, 1.807) is 36.4 Å².